The van der Waals surface area contributed by atoms with Gasteiger partial charge in [-0.05, 0) is 82.2 Å². The van der Waals surface area contributed by atoms with Gasteiger partial charge < -0.3 is 0 Å². The van der Waals surface area contributed by atoms with Crippen LogP contribution in [0.4, 0.5) is 0 Å². The largest absolute Gasteiger partial charge is 0.291 e. The van der Waals surface area contributed by atoms with Crippen LogP contribution in [-0.4, -0.2) is 17.0 Å². The predicted octanol–water partition coefficient (Wildman–Crippen LogP) is 5.15. The molecule has 1 aliphatic carbocycles. The van der Waals surface area contributed by atoms with Gasteiger partial charge in [0.25, 0.3) is 0 Å². The second-order valence-corrected chi connectivity index (χ2v) is 7.51. The molecule has 0 aromatic heterocycles. The average Bonchev–Trinajstić information content (AvgIpc) is 3.04. The van der Waals surface area contributed by atoms with Crippen molar-refractivity contribution in [2.45, 2.75) is 64.0 Å². The molecule has 104 valence electrons. The lowest BCUT2D eigenvalue weighted by atomic mass is 9.93. The van der Waals surface area contributed by atoms with Crippen LogP contribution >= 0.6 is 11.6 Å². The average molecular weight is 278 g/mol. The van der Waals surface area contributed by atoms with Crippen LogP contribution in [-0.2, 0) is 0 Å². The van der Waals surface area contributed by atoms with Gasteiger partial charge in [0.05, 0.1) is 0 Å². The normalized spacial score (nSPS) is 24.9. The number of hydrogen-bond acceptors (Lipinski definition) is 1. The van der Waals surface area contributed by atoms with Crippen molar-refractivity contribution in [2.75, 3.05) is 6.54 Å². The highest BCUT2D eigenvalue weighted by atomic mass is 35.5. The van der Waals surface area contributed by atoms with E-state index in [9.17, 15) is 0 Å². The van der Waals surface area contributed by atoms with Crippen LogP contribution < -0.4 is 0 Å². The summed E-state index contributed by atoms with van der Waals surface area (Å²) in [5, 5.41) is 0.889. The van der Waals surface area contributed by atoms with Crippen LogP contribution in [0, 0.1) is 0 Å². The molecule has 1 aromatic carbocycles. The fraction of sp³-hybridized carbons (Fsp3) is 0.647. The van der Waals surface area contributed by atoms with Crippen molar-refractivity contribution in [3.05, 3.63) is 34.3 Å². The van der Waals surface area contributed by atoms with Gasteiger partial charge in [-0.1, -0.05) is 17.7 Å². The third-order valence-electron chi connectivity index (χ3n) is 4.54. The van der Waals surface area contributed by atoms with E-state index in [1.165, 1.54) is 37.8 Å². The monoisotopic (exact) mass is 277 g/mol. The number of rotatable bonds is 2. The number of benzene rings is 1. The van der Waals surface area contributed by atoms with Crippen LogP contribution in [0.5, 0.6) is 0 Å². The summed E-state index contributed by atoms with van der Waals surface area (Å²) < 4.78 is 0. The van der Waals surface area contributed by atoms with E-state index < -0.39 is 0 Å². The first-order valence-electron chi connectivity index (χ1n) is 7.53. The zero-order valence-electron chi connectivity index (χ0n) is 12.2. The van der Waals surface area contributed by atoms with Crippen LogP contribution in [0.15, 0.2) is 18.2 Å². The summed E-state index contributed by atoms with van der Waals surface area (Å²) in [4.78, 5) is 2.66. The van der Waals surface area contributed by atoms with Crippen molar-refractivity contribution in [3.63, 3.8) is 0 Å². The van der Waals surface area contributed by atoms with Crippen molar-refractivity contribution in [1.82, 2.24) is 4.90 Å². The maximum atomic E-state index is 6.26. The Morgan fingerprint density at radius 3 is 2.47 bits per heavy atom. The third-order valence-corrected chi connectivity index (χ3v) is 4.77. The topological polar surface area (TPSA) is 3.24 Å². The van der Waals surface area contributed by atoms with Crippen LogP contribution in [0.1, 0.15) is 69.5 Å². The smallest absolute Gasteiger partial charge is 0.0409 e. The maximum absolute atomic E-state index is 6.26. The molecule has 0 N–H and O–H groups in total. The van der Waals surface area contributed by atoms with E-state index in [1.54, 1.807) is 5.56 Å². The molecule has 2 aliphatic rings. The van der Waals surface area contributed by atoms with Gasteiger partial charge >= 0.3 is 0 Å². The van der Waals surface area contributed by atoms with E-state index in [0.29, 0.717) is 6.04 Å². The molecule has 19 heavy (non-hydrogen) atoms. The summed E-state index contributed by atoms with van der Waals surface area (Å²) in [6.45, 7) is 8.19. The molecular weight excluding hydrogens is 254 g/mol. The van der Waals surface area contributed by atoms with Gasteiger partial charge in [0.2, 0.25) is 0 Å². The minimum Gasteiger partial charge on any atom is -0.291 e. The molecule has 1 aliphatic heterocycles. The Balaban J connectivity index is 1.98. The van der Waals surface area contributed by atoms with E-state index in [2.05, 4.69) is 43.9 Å². The summed E-state index contributed by atoms with van der Waals surface area (Å²) in [5.41, 5.74) is 3.30. The molecule has 3 rings (SSSR count). The van der Waals surface area contributed by atoms with Crippen molar-refractivity contribution >= 4 is 11.6 Å². The van der Waals surface area contributed by atoms with Crippen molar-refractivity contribution in [2.24, 2.45) is 0 Å². The molecule has 1 heterocycles. The fourth-order valence-corrected chi connectivity index (χ4v) is 3.67. The maximum Gasteiger partial charge on any atom is 0.0409 e. The minimum atomic E-state index is 0.240. The Morgan fingerprint density at radius 2 is 1.84 bits per heavy atom. The molecule has 1 nitrogen and oxygen atoms in total. The summed E-state index contributed by atoms with van der Waals surface area (Å²) >= 11 is 6.26. The Bertz CT molecular complexity index is 471. The van der Waals surface area contributed by atoms with Gasteiger partial charge in [0.15, 0.2) is 0 Å². The first-order valence-corrected chi connectivity index (χ1v) is 7.91. The second kappa shape index (κ2) is 4.79. The molecule has 2 heteroatoms. The van der Waals surface area contributed by atoms with E-state index in [-0.39, 0.29) is 5.54 Å². The first-order chi connectivity index (χ1) is 8.97. The summed E-state index contributed by atoms with van der Waals surface area (Å²) in [7, 11) is 0. The van der Waals surface area contributed by atoms with Crippen LogP contribution in [0.25, 0.3) is 0 Å². The van der Waals surface area contributed by atoms with E-state index in [4.69, 9.17) is 11.6 Å². The van der Waals surface area contributed by atoms with Crippen LogP contribution in [0.2, 0.25) is 5.02 Å². The zero-order valence-corrected chi connectivity index (χ0v) is 13.0. The highest BCUT2D eigenvalue weighted by Gasteiger charge is 2.37. The SMILES string of the molecule is CC(C)(C)N1CCCC1c1cc(Cl)ccc1C1CC1. The van der Waals surface area contributed by atoms with Gasteiger partial charge in [0.1, 0.15) is 0 Å². The van der Waals surface area contributed by atoms with Gasteiger partial charge in [-0.3, -0.25) is 4.90 Å². The molecule has 0 spiro atoms. The number of hydrogen-bond donors (Lipinski definition) is 0. The van der Waals surface area contributed by atoms with E-state index in [1.807, 2.05) is 0 Å². The Kier molecular flexibility index (Phi) is 3.39. The Hall–Kier alpha value is -0.530. The van der Waals surface area contributed by atoms with Crippen molar-refractivity contribution in [1.29, 1.82) is 0 Å². The van der Waals surface area contributed by atoms with Gasteiger partial charge in [-0.25, -0.2) is 0 Å². The van der Waals surface area contributed by atoms with Gasteiger partial charge in [0, 0.05) is 16.6 Å². The van der Waals surface area contributed by atoms with Crippen molar-refractivity contribution in [3.8, 4) is 0 Å². The van der Waals surface area contributed by atoms with E-state index >= 15 is 0 Å². The summed E-state index contributed by atoms with van der Waals surface area (Å²) in [6, 6.07) is 7.13. The van der Waals surface area contributed by atoms with Crippen LogP contribution in [0.3, 0.4) is 0 Å². The number of nitrogens with zero attached hydrogens (tertiary/aromatic N) is 1. The molecule has 0 radical (unpaired) electrons. The molecule has 1 unspecified atom stereocenters. The Labute approximate surface area is 121 Å². The number of halogens is 1. The molecule has 0 bridgehead atoms. The molecule has 1 saturated heterocycles. The molecule has 1 saturated carbocycles. The molecular formula is C17H24ClN. The highest BCUT2D eigenvalue weighted by Crippen LogP contribution is 2.47. The quantitative estimate of drug-likeness (QED) is 0.722. The van der Waals surface area contributed by atoms with Gasteiger partial charge in [-0.15, -0.1) is 0 Å². The number of likely N-dealkylation sites (tertiary alicyclic amines) is 1. The molecule has 2 fully saturated rings. The Morgan fingerprint density at radius 1 is 1.11 bits per heavy atom. The lowest BCUT2D eigenvalue weighted by Crippen LogP contribution is -2.40. The fourth-order valence-electron chi connectivity index (χ4n) is 3.49. The second-order valence-electron chi connectivity index (χ2n) is 7.07. The highest BCUT2D eigenvalue weighted by molar-refractivity contribution is 6.30. The standard InChI is InChI=1S/C17H24ClN/c1-17(2,3)19-10-4-5-16(19)15-11-13(18)8-9-14(15)12-6-7-12/h8-9,11-12,16H,4-7,10H2,1-3H3. The third kappa shape index (κ3) is 2.68. The predicted molar refractivity (Wildman–Crippen MR) is 81.9 cm³/mol. The summed E-state index contributed by atoms with van der Waals surface area (Å²) in [6.07, 6.45) is 5.30. The molecule has 1 atom stereocenters. The van der Waals surface area contributed by atoms with Crippen molar-refractivity contribution < 1.29 is 0 Å². The lowest BCUT2D eigenvalue weighted by Gasteiger charge is -2.38. The molecule has 1 aromatic rings. The zero-order chi connectivity index (χ0) is 13.6. The minimum absolute atomic E-state index is 0.240. The summed E-state index contributed by atoms with van der Waals surface area (Å²) in [5.74, 6) is 0.801. The van der Waals surface area contributed by atoms with Gasteiger partial charge in [-0.2, -0.15) is 0 Å². The molecule has 0 amide bonds. The first kappa shape index (κ1) is 13.5. The lowest BCUT2D eigenvalue weighted by molar-refractivity contribution is 0.121. The van der Waals surface area contributed by atoms with E-state index in [0.717, 1.165) is 10.9 Å².